The van der Waals surface area contributed by atoms with Crippen molar-refractivity contribution < 1.29 is 0 Å². The Kier molecular flexibility index (Phi) is 3.58. The van der Waals surface area contributed by atoms with Crippen molar-refractivity contribution in [2.45, 2.75) is 6.54 Å². The molecule has 0 radical (unpaired) electrons. The number of benzene rings is 2. The van der Waals surface area contributed by atoms with Crippen LogP contribution < -0.4 is 10.6 Å². The molecular formula is C17H15N5. The molecule has 5 nitrogen and oxygen atoms in total. The summed E-state index contributed by atoms with van der Waals surface area (Å²) in [6.07, 6.45) is 1.60. The van der Waals surface area contributed by atoms with Gasteiger partial charge >= 0.3 is 0 Å². The Bertz CT molecular complexity index is 866. The number of hydrogen-bond acceptors (Lipinski definition) is 5. The lowest BCUT2D eigenvalue weighted by molar-refractivity contribution is 0.872. The summed E-state index contributed by atoms with van der Waals surface area (Å²) in [7, 11) is 1.98. The molecule has 3 rings (SSSR count). The summed E-state index contributed by atoms with van der Waals surface area (Å²) in [6, 6.07) is 16.5. The van der Waals surface area contributed by atoms with Crippen LogP contribution in [0.4, 0.5) is 11.5 Å². The summed E-state index contributed by atoms with van der Waals surface area (Å²) in [4.78, 5) is 10.3. The molecule has 0 aliphatic rings. The van der Waals surface area contributed by atoms with E-state index < -0.39 is 0 Å². The Balaban J connectivity index is 1.86. The van der Waals surface area contributed by atoms with E-state index in [0.717, 1.165) is 5.69 Å². The zero-order valence-electron chi connectivity index (χ0n) is 12.2. The normalized spacial score (nSPS) is 10.4. The van der Waals surface area contributed by atoms with E-state index >= 15 is 0 Å². The van der Waals surface area contributed by atoms with Crippen LogP contribution in [0.1, 0.15) is 11.4 Å². The van der Waals surface area contributed by atoms with Crippen molar-refractivity contribution in [1.82, 2.24) is 9.97 Å². The molecule has 0 saturated heterocycles. The van der Waals surface area contributed by atoms with Crippen molar-refractivity contribution in [3.05, 3.63) is 60.0 Å². The molecule has 22 heavy (non-hydrogen) atoms. The van der Waals surface area contributed by atoms with E-state index in [1.165, 1.54) is 10.8 Å². The molecule has 1 heterocycles. The fourth-order valence-electron chi connectivity index (χ4n) is 2.34. The quantitative estimate of drug-likeness (QED) is 0.802. The molecule has 1 aromatic heterocycles. The predicted octanol–water partition coefficient (Wildman–Crippen LogP) is 2.72. The van der Waals surface area contributed by atoms with Crippen molar-refractivity contribution in [3.63, 3.8) is 0 Å². The Morgan fingerprint density at radius 3 is 2.73 bits per heavy atom. The van der Waals surface area contributed by atoms with Gasteiger partial charge in [-0.1, -0.05) is 30.3 Å². The number of hydrogen-bond donors (Lipinski definition) is 1. The summed E-state index contributed by atoms with van der Waals surface area (Å²) < 4.78 is 0. The summed E-state index contributed by atoms with van der Waals surface area (Å²) in [6.45, 7) is 0.556. The summed E-state index contributed by atoms with van der Waals surface area (Å²) in [5.41, 5.74) is 7.55. The zero-order valence-corrected chi connectivity index (χ0v) is 12.2. The van der Waals surface area contributed by atoms with E-state index in [0.29, 0.717) is 12.2 Å². The minimum atomic E-state index is 0.166. The molecule has 0 aliphatic heterocycles. The molecule has 0 amide bonds. The first-order valence-electron chi connectivity index (χ1n) is 6.89. The Morgan fingerprint density at radius 1 is 1.18 bits per heavy atom. The lowest BCUT2D eigenvalue weighted by Crippen LogP contribution is -2.18. The number of nitrogens with zero attached hydrogens (tertiary/aromatic N) is 4. The van der Waals surface area contributed by atoms with Crippen LogP contribution in [0.25, 0.3) is 10.8 Å². The van der Waals surface area contributed by atoms with Gasteiger partial charge in [-0.3, -0.25) is 0 Å². The molecule has 0 spiro atoms. The van der Waals surface area contributed by atoms with Crippen molar-refractivity contribution in [2.24, 2.45) is 0 Å². The average molecular weight is 289 g/mol. The molecule has 2 aromatic carbocycles. The first-order chi connectivity index (χ1) is 10.7. The predicted molar refractivity (Wildman–Crippen MR) is 87.2 cm³/mol. The highest BCUT2D eigenvalue weighted by molar-refractivity contribution is 5.85. The van der Waals surface area contributed by atoms with Gasteiger partial charge in [0.1, 0.15) is 6.07 Å². The highest BCUT2D eigenvalue weighted by Crippen LogP contribution is 2.22. The van der Waals surface area contributed by atoms with E-state index in [-0.39, 0.29) is 11.5 Å². The number of aromatic nitrogens is 2. The third-order valence-corrected chi connectivity index (χ3v) is 3.53. The molecule has 0 bridgehead atoms. The van der Waals surface area contributed by atoms with Crippen LogP contribution >= 0.6 is 0 Å². The maximum absolute atomic E-state index is 8.97. The Labute approximate surface area is 128 Å². The van der Waals surface area contributed by atoms with Gasteiger partial charge in [-0.25, -0.2) is 9.97 Å². The molecule has 0 unspecified atom stereocenters. The topological polar surface area (TPSA) is 78.8 Å². The number of anilines is 2. The molecule has 3 aromatic rings. The smallest absolute Gasteiger partial charge is 0.183 e. The van der Waals surface area contributed by atoms with Crippen molar-refractivity contribution in [1.29, 1.82) is 5.26 Å². The maximum atomic E-state index is 8.97. The van der Waals surface area contributed by atoms with E-state index in [1.54, 1.807) is 6.20 Å². The Hall–Kier alpha value is -3.13. The van der Waals surface area contributed by atoms with Gasteiger partial charge in [0.15, 0.2) is 11.5 Å². The minimum absolute atomic E-state index is 0.166. The van der Waals surface area contributed by atoms with Gasteiger partial charge in [0, 0.05) is 12.7 Å². The van der Waals surface area contributed by atoms with Gasteiger partial charge in [-0.15, -0.1) is 0 Å². The summed E-state index contributed by atoms with van der Waals surface area (Å²) >= 11 is 0. The zero-order chi connectivity index (χ0) is 15.5. The van der Waals surface area contributed by atoms with Crippen LogP contribution in [-0.2, 0) is 6.54 Å². The van der Waals surface area contributed by atoms with Gasteiger partial charge in [-0.2, -0.15) is 5.26 Å². The fourth-order valence-corrected chi connectivity index (χ4v) is 2.34. The van der Waals surface area contributed by atoms with Crippen LogP contribution in [0.5, 0.6) is 0 Å². The van der Waals surface area contributed by atoms with Crippen LogP contribution in [0.2, 0.25) is 0 Å². The second-order valence-corrected chi connectivity index (χ2v) is 5.09. The van der Waals surface area contributed by atoms with E-state index in [4.69, 9.17) is 11.0 Å². The monoisotopic (exact) mass is 289 g/mol. The summed E-state index contributed by atoms with van der Waals surface area (Å²) in [5.74, 6) is 0.166. The molecule has 0 aliphatic carbocycles. The maximum Gasteiger partial charge on any atom is 0.183 e. The number of rotatable bonds is 3. The number of nitrogens with two attached hydrogens (primary N) is 1. The minimum Gasteiger partial charge on any atom is -0.381 e. The molecule has 0 saturated carbocycles. The second-order valence-electron chi connectivity index (χ2n) is 5.09. The lowest BCUT2D eigenvalue weighted by atomic mass is 10.1. The van der Waals surface area contributed by atoms with Crippen LogP contribution in [0.15, 0.2) is 48.7 Å². The number of nitrogen functional groups attached to an aromatic ring is 1. The average Bonchev–Trinajstić information content (AvgIpc) is 2.56. The number of nitriles is 1. The summed E-state index contributed by atoms with van der Waals surface area (Å²) in [5, 5.41) is 11.4. The van der Waals surface area contributed by atoms with Gasteiger partial charge in [0.25, 0.3) is 0 Å². The first-order valence-corrected chi connectivity index (χ1v) is 6.89. The molecule has 5 heteroatoms. The fraction of sp³-hybridized carbons (Fsp3) is 0.118. The van der Waals surface area contributed by atoms with Crippen LogP contribution in [-0.4, -0.2) is 17.0 Å². The SMILES string of the molecule is CN(Cc1cnc(N)c(C#N)n1)c1ccc2ccccc2c1. The largest absolute Gasteiger partial charge is 0.381 e. The highest BCUT2D eigenvalue weighted by Gasteiger charge is 2.08. The van der Waals surface area contributed by atoms with E-state index in [1.807, 2.05) is 25.2 Å². The third kappa shape index (κ3) is 2.67. The lowest BCUT2D eigenvalue weighted by Gasteiger charge is -2.19. The first kappa shape index (κ1) is 13.8. The standard InChI is InChI=1S/C17H15N5/c1-22(11-14-10-20-17(19)16(9-18)21-14)15-7-6-12-4-2-3-5-13(12)8-15/h2-8,10H,11H2,1H3,(H2,19,20). The molecule has 0 atom stereocenters. The van der Waals surface area contributed by atoms with Gasteiger partial charge < -0.3 is 10.6 Å². The molecule has 2 N–H and O–H groups in total. The van der Waals surface area contributed by atoms with E-state index in [2.05, 4.69) is 45.2 Å². The van der Waals surface area contributed by atoms with Crippen LogP contribution in [0, 0.1) is 11.3 Å². The molecular weight excluding hydrogens is 274 g/mol. The number of fused-ring (bicyclic) bond motifs is 1. The molecule has 108 valence electrons. The van der Waals surface area contributed by atoms with Crippen molar-refractivity contribution >= 4 is 22.3 Å². The Morgan fingerprint density at radius 2 is 1.95 bits per heavy atom. The highest BCUT2D eigenvalue weighted by atomic mass is 15.1. The van der Waals surface area contributed by atoms with E-state index in [9.17, 15) is 0 Å². The third-order valence-electron chi connectivity index (χ3n) is 3.53. The molecule has 0 fully saturated rings. The van der Waals surface area contributed by atoms with Crippen molar-refractivity contribution in [2.75, 3.05) is 17.7 Å². The van der Waals surface area contributed by atoms with Gasteiger partial charge in [0.05, 0.1) is 18.4 Å². The van der Waals surface area contributed by atoms with Crippen molar-refractivity contribution in [3.8, 4) is 6.07 Å². The van der Waals surface area contributed by atoms with Crippen LogP contribution in [0.3, 0.4) is 0 Å². The second kappa shape index (κ2) is 5.70. The van der Waals surface area contributed by atoms with Gasteiger partial charge in [0.2, 0.25) is 0 Å². The van der Waals surface area contributed by atoms with Gasteiger partial charge in [-0.05, 0) is 22.9 Å².